The third kappa shape index (κ3) is 2.08. The van der Waals surface area contributed by atoms with Crippen molar-refractivity contribution in [2.45, 2.75) is 19.8 Å². The molecule has 0 bridgehead atoms. The number of unbranched alkanes of at least 4 members (excludes halogenated alkanes) is 1. The molecule has 0 aromatic carbocycles. The Morgan fingerprint density at radius 3 is 3.10 bits per heavy atom. The summed E-state index contributed by atoms with van der Waals surface area (Å²) in [4.78, 5) is 5.99. The van der Waals surface area contributed by atoms with Crippen LogP contribution in [0.3, 0.4) is 0 Å². The Morgan fingerprint density at radius 2 is 2.50 bits per heavy atom. The lowest BCUT2D eigenvalue weighted by molar-refractivity contribution is 0.538. The van der Waals surface area contributed by atoms with Crippen molar-refractivity contribution < 1.29 is 0 Å². The van der Waals surface area contributed by atoms with Crippen LogP contribution in [0.25, 0.3) is 0 Å². The first-order valence-corrected chi connectivity index (χ1v) is 3.63. The highest BCUT2D eigenvalue weighted by atomic mass is 15.1. The van der Waals surface area contributed by atoms with E-state index in [1.54, 1.807) is 6.20 Å². The first-order chi connectivity index (χ1) is 4.93. The molecule has 2 heteroatoms. The first-order valence-electron chi connectivity index (χ1n) is 3.63. The average Bonchev–Trinajstić information content (AvgIpc) is 2.03. The summed E-state index contributed by atoms with van der Waals surface area (Å²) in [5.41, 5.74) is 2.92. The van der Waals surface area contributed by atoms with Crippen molar-refractivity contribution in [2.24, 2.45) is 4.99 Å². The SMILES string of the molecule is CCCCN1C=C=CN=C1. The molecule has 0 atom stereocenters. The molecule has 0 unspecified atom stereocenters. The van der Waals surface area contributed by atoms with E-state index in [2.05, 4.69) is 17.6 Å². The fourth-order valence-electron chi connectivity index (χ4n) is 0.787. The molecule has 0 saturated carbocycles. The molecule has 0 amide bonds. The van der Waals surface area contributed by atoms with E-state index < -0.39 is 0 Å². The molecule has 1 aliphatic heterocycles. The Labute approximate surface area is 61.6 Å². The monoisotopic (exact) mass is 136 g/mol. The largest absolute Gasteiger partial charge is 0.332 e. The molecule has 0 aliphatic carbocycles. The lowest BCUT2D eigenvalue weighted by atomic mass is 10.3. The van der Waals surface area contributed by atoms with Crippen molar-refractivity contribution in [1.82, 2.24) is 4.90 Å². The van der Waals surface area contributed by atoms with Gasteiger partial charge in [0.1, 0.15) is 0 Å². The minimum Gasteiger partial charge on any atom is -0.332 e. The van der Waals surface area contributed by atoms with Crippen molar-refractivity contribution in [2.75, 3.05) is 6.54 Å². The lowest BCUT2D eigenvalue weighted by Crippen LogP contribution is -2.16. The van der Waals surface area contributed by atoms with Crippen LogP contribution in [0, 0.1) is 0 Å². The summed E-state index contributed by atoms with van der Waals surface area (Å²) in [6.45, 7) is 3.24. The highest BCUT2D eigenvalue weighted by Gasteiger charge is 1.93. The smallest absolute Gasteiger partial charge is 0.0957 e. The molecule has 1 heterocycles. The summed E-state index contributed by atoms with van der Waals surface area (Å²) in [5.74, 6) is 0. The molecular formula is C8H12N2. The van der Waals surface area contributed by atoms with Crippen LogP contribution in [-0.4, -0.2) is 17.8 Å². The summed E-state index contributed by atoms with van der Waals surface area (Å²) in [5, 5.41) is 0. The van der Waals surface area contributed by atoms with E-state index in [0.29, 0.717) is 0 Å². The minimum atomic E-state index is 1.06. The number of hydrogen-bond acceptors (Lipinski definition) is 2. The Balaban J connectivity index is 2.29. The van der Waals surface area contributed by atoms with Crippen LogP contribution in [0.1, 0.15) is 19.8 Å². The Hall–Kier alpha value is -1.01. The van der Waals surface area contributed by atoms with Gasteiger partial charge in [-0.1, -0.05) is 19.1 Å². The second kappa shape index (κ2) is 3.91. The van der Waals surface area contributed by atoms with Gasteiger partial charge in [0.25, 0.3) is 0 Å². The summed E-state index contributed by atoms with van der Waals surface area (Å²) >= 11 is 0. The molecule has 0 N–H and O–H groups in total. The van der Waals surface area contributed by atoms with E-state index in [9.17, 15) is 0 Å². The van der Waals surface area contributed by atoms with E-state index in [1.807, 2.05) is 17.4 Å². The zero-order valence-electron chi connectivity index (χ0n) is 6.25. The maximum absolute atomic E-state index is 3.94. The summed E-state index contributed by atoms with van der Waals surface area (Å²) < 4.78 is 0. The minimum absolute atomic E-state index is 1.06. The van der Waals surface area contributed by atoms with Gasteiger partial charge in [0.15, 0.2) is 0 Å². The average molecular weight is 136 g/mol. The van der Waals surface area contributed by atoms with Gasteiger partial charge in [0.2, 0.25) is 0 Å². The molecule has 1 rings (SSSR count). The molecule has 0 spiro atoms. The Bertz CT molecular complexity index is 176. The van der Waals surface area contributed by atoms with Crippen LogP contribution in [-0.2, 0) is 0 Å². The van der Waals surface area contributed by atoms with E-state index in [4.69, 9.17) is 0 Å². The topological polar surface area (TPSA) is 15.6 Å². The molecule has 0 aromatic heterocycles. The Morgan fingerprint density at radius 1 is 1.60 bits per heavy atom. The van der Waals surface area contributed by atoms with Gasteiger partial charge in [-0.25, -0.2) is 4.99 Å². The predicted molar refractivity (Wildman–Crippen MR) is 42.8 cm³/mol. The summed E-state index contributed by atoms with van der Waals surface area (Å²) in [6, 6.07) is 0. The molecule has 1 aliphatic rings. The third-order valence-corrected chi connectivity index (χ3v) is 1.37. The van der Waals surface area contributed by atoms with Crippen molar-refractivity contribution in [3.63, 3.8) is 0 Å². The highest BCUT2D eigenvalue weighted by molar-refractivity contribution is 5.58. The van der Waals surface area contributed by atoms with Crippen LogP contribution in [0.2, 0.25) is 0 Å². The fraction of sp³-hybridized carbons (Fsp3) is 0.500. The summed E-state index contributed by atoms with van der Waals surface area (Å²) in [6.07, 6.45) is 7.85. The molecule has 10 heavy (non-hydrogen) atoms. The molecule has 0 saturated heterocycles. The van der Waals surface area contributed by atoms with Gasteiger partial charge < -0.3 is 4.90 Å². The van der Waals surface area contributed by atoms with Crippen LogP contribution in [0.5, 0.6) is 0 Å². The molecule has 0 aromatic rings. The molecule has 0 radical (unpaired) electrons. The number of hydrogen-bond donors (Lipinski definition) is 0. The van der Waals surface area contributed by atoms with Gasteiger partial charge in [-0.2, -0.15) is 0 Å². The van der Waals surface area contributed by atoms with Gasteiger partial charge in [-0.3, -0.25) is 0 Å². The van der Waals surface area contributed by atoms with Crippen LogP contribution >= 0.6 is 0 Å². The normalized spacial score (nSPS) is 14.7. The van der Waals surface area contributed by atoms with E-state index >= 15 is 0 Å². The van der Waals surface area contributed by atoms with Gasteiger partial charge in [-0.15, -0.1) is 0 Å². The second-order valence-electron chi connectivity index (χ2n) is 2.28. The second-order valence-corrected chi connectivity index (χ2v) is 2.28. The molecular weight excluding hydrogens is 124 g/mol. The zero-order valence-corrected chi connectivity index (χ0v) is 6.25. The van der Waals surface area contributed by atoms with Gasteiger partial charge >= 0.3 is 0 Å². The summed E-state index contributed by atoms with van der Waals surface area (Å²) in [7, 11) is 0. The number of rotatable bonds is 3. The van der Waals surface area contributed by atoms with Gasteiger partial charge in [0, 0.05) is 12.7 Å². The maximum Gasteiger partial charge on any atom is 0.0957 e. The fourth-order valence-corrected chi connectivity index (χ4v) is 0.787. The third-order valence-electron chi connectivity index (χ3n) is 1.37. The van der Waals surface area contributed by atoms with Gasteiger partial charge in [0.05, 0.1) is 12.5 Å². The first kappa shape index (κ1) is 7.10. The standard InChI is InChI=1S/C8H12N2/c1-2-3-6-10-7-4-5-9-8-10/h5,7-8H,2-3,6H2,1H3. The predicted octanol–water partition coefficient (Wildman–Crippen LogP) is 1.76. The maximum atomic E-state index is 3.94. The van der Waals surface area contributed by atoms with E-state index in [-0.39, 0.29) is 0 Å². The van der Waals surface area contributed by atoms with Crippen LogP contribution in [0.4, 0.5) is 0 Å². The zero-order chi connectivity index (χ0) is 7.23. The van der Waals surface area contributed by atoms with Crippen molar-refractivity contribution >= 4 is 6.34 Å². The van der Waals surface area contributed by atoms with E-state index in [1.165, 1.54) is 12.8 Å². The quantitative estimate of drug-likeness (QED) is 0.540. The number of aliphatic imine (C=N–C) groups is 1. The van der Waals surface area contributed by atoms with Gasteiger partial charge in [-0.05, 0) is 6.42 Å². The molecule has 0 fully saturated rings. The van der Waals surface area contributed by atoms with E-state index in [0.717, 1.165) is 6.54 Å². The highest BCUT2D eigenvalue weighted by Crippen LogP contribution is 1.95. The van der Waals surface area contributed by atoms with Crippen molar-refractivity contribution in [3.05, 3.63) is 18.1 Å². The van der Waals surface area contributed by atoms with Crippen molar-refractivity contribution in [3.8, 4) is 0 Å². The lowest BCUT2D eigenvalue weighted by Gasteiger charge is -2.12. The molecule has 2 nitrogen and oxygen atoms in total. The molecule has 54 valence electrons. The van der Waals surface area contributed by atoms with Crippen LogP contribution < -0.4 is 0 Å². The van der Waals surface area contributed by atoms with Crippen LogP contribution in [0.15, 0.2) is 23.1 Å². The number of nitrogens with zero attached hydrogens (tertiary/aromatic N) is 2. The van der Waals surface area contributed by atoms with Crippen molar-refractivity contribution in [1.29, 1.82) is 0 Å². The Kier molecular flexibility index (Phi) is 2.78.